The van der Waals surface area contributed by atoms with Crippen LogP contribution in [0.3, 0.4) is 0 Å². The topological polar surface area (TPSA) is 41.1 Å². The predicted octanol–water partition coefficient (Wildman–Crippen LogP) is 1.93. The summed E-state index contributed by atoms with van der Waals surface area (Å²) < 4.78 is 0. The normalized spacial score (nSPS) is 41.1. The lowest BCUT2D eigenvalue weighted by Gasteiger charge is -2.54. The number of amides is 1. The molecular weight excluding hydrogens is 224 g/mol. The molecule has 4 fully saturated rings. The molecule has 102 valence electrons. The summed E-state index contributed by atoms with van der Waals surface area (Å²) in [6, 6.07) is 0.506. The lowest BCUT2D eigenvalue weighted by molar-refractivity contribution is -0.124. The van der Waals surface area contributed by atoms with Gasteiger partial charge >= 0.3 is 0 Å². The van der Waals surface area contributed by atoms with E-state index in [1.165, 1.54) is 32.1 Å². The number of carbonyl (C=O) groups excluding carboxylic acids is 1. The van der Waals surface area contributed by atoms with Gasteiger partial charge in [0, 0.05) is 19.0 Å². The van der Waals surface area contributed by atoms with Gasteiger partial charge in [0.2, 0.25) is 5.91 Å². The molecule has 4 aliphatic carbocycles. The van der Waals surface area contributed by atoms with E-state index in [0.29, 0.717) is 12.5 Å². The standard InChI is InChI=1S/C15H26N2O/c1-2-16-4-3-14(18)17-15-12-6-10-5-11(8-12)9-13(15)7-10/h10-13,15-16H,2-9H2,1H3,(H,17,18). The van der Waals surface area contributed by atoms with Crippen molar-refractivity contribution in [1.82, 2.24) is 10.6 Å². The van der Waals surface area contributed by atoms with Crippen LogP contribution in [0.1, 0.15) is 45.4 Å². The first-order valence-electron chi connectivity index (χ1n) is 7.76. The molecule has 0 unspecified atom stereocenters. The zero-order valence-electron chi connectivity index (χ0n) is 11.5. The van der Waals surface area contributed by atoms with E-state index in [0.717, 1.165) is 36.8 Å². The number of nitrogens with one attached hydrogen (secondary N) is 2. The minimum Gasteiger partial charge on any atom is -0.353 e. The van der Waals surface area contributed by atoms with Crippen molar-refractivity contribution in [2.75, 3.05) is 13.1 Å². The molecule has 4 rings (SSSR count). The fourth-order valence-electron chi connectivity index (χ4n) is 4.80. The minimum atomic E-state index is 0.258. The Balaban J connectivity index is 1.52. The maximum absolute atomic E-state index is 12.0. The van der Waals surface area contributed by atoms with E-state index in [-0.39, 0.29) is 5.91 Å². The third-order valence-corrected chi connectivity index (χ3v) is 5.33. The maximum Gasteiger partial charge on any atom is 0.221 e. The van der Waals surface area contributed by atoms with Crippen molar-refractivity contribution in [3.05, 3.63) is 0 Å². The SMILES string of the molecule is CCNCCC(=O)NC1C2CC3CC(C2)CC1C3. The summed E-state index contributed by atoms with van der Waals surface area (Å²) in [6.07, 6.45) is 7.64. The van der Waals surface area contributed by atoms with Crippen molar-refractivity contribution in [1.29, 1.82) is 0 Å². The minimum absolute atomic E-state index is 0.258. The van der Waals surface area contributed by atoms with Crippen LogP contribution in [-0.2, 0) is 4.79 Å². The van der Waals surface area contributed by atoms with Gasteiger partial charge in [-0.15, -0.1) is 0 Å². The molecule has 0 spiro atoms. The van der Waals surface area contributed by atoms with Gasteiger partial charge in [-0.1, -0.05) is 6.92 Å². The largest absolute Gasteiger partial charge is 0.353 e. The van der Waals surface area contributed by atoms with E-state index in [1.807, 2.05) is 0 Å². The zero-order chi connectivity index (χ0) is 12.5. The molecule has 2 N–H and O–H groups in total. The van der Waals surface area contributed by atoms with Crippen LogP contribution in [0.5, 0.6) is 0 Å². The molecule has 0 atom stereocenters. The van der Waals surface area contributed by atoms with Gasteiger partial charge in [0.25, 0.3) is 0 Å². The molecule has 0 aromatic heterocycles. The molecule has 3 nitrogen and oxygen atoms in total. The number of hydrogen-bond donors (Lipinski definition) is 2. The van der Waals surface area contributed by atoms with Gasteiger partial charge in [-0.3, -0.25) is 4.79 Å². The molecule has 4 saturated carbocycles. The average molecular weight is 250 g/mol. The van der Waals surface area contributed by atoms with Crippen molar-refractivity contribution in [3.8, 4) is 0 Å². The fraction of sp³-hybridized carbons (Fsp3) is 0.933. The average Bonchev–Trinajstić information content (AvgIpc) is 2.33. The Morgan fingerprint density at radius 3 is 2.22 bits per heavy atom. The maximum atomic E-state index is 12.0. The van der Waals surface area contributed by atoms with Crippen molar-refractivity contribution >= 4 is 5.91 Å². The molecule has 0 aliphatic heterocycles. The van der Waals surface area contributed by atoms with E-state index in [9.17, 15) is 4.79 Å². The van der Waals surface area contributed by atoms with Crippen LogP contribution in [0, 0.1) is 23.7 Å². The first kappa shape index (κ1) is 12.5. The van der Waals surface area contributed by atoms with Crippen LogP contribution in [0.4, 0.5) is 0 Å². The van der Waals surface area contributed by atoms with Gasteiger partial charge < -0.3 is 10.6 Å². The van der Waals surface area contributed by atoms with Gasteiger partial charge in [0.15, 0.2) is 0 Å². The number of carbonyl (C=O) groups is 1. The smallest absolute Gasteiger partial charge is 0.221 e. The highest BCUT2D eigenvalue weighted by Crippen LogP contribution is 2.53. The second-order valence-corrected chi connectivity index (χ2v) is 6.63. The van der Waals surface area contributed by atoms with E-state index in [4.69, 9.17) is 0 Å². The molecule has 0 aromatic carbocycles. The van der Waals surface area contributed by atoms with E-state index < -0.39 is 0 Å². The highest BCUT2D eigenvalue weighted by Gasteiger charge is 2.48. The molecule has 0 aromatic rings. The lowest BCUT2D eigenvalue weighted by atomic mass is 9.54. The molecule has 1 amide bonds. The monoisotopic (exact) mass is 250 g/mol. The Kier molecular flexibility index (Phi) is 3.60. The fourth-order valence-corrected chi connectivity index (χ4v) is 4.80. The Morgan fingerprint density at radius 1 is 1.06 bits per heavy atom. The zero-order valence-corrected chi connectivity index (χ0v) is 11.5. The van der Waals surface area contributed by atoms with Gasteiger partial charge in [-0.05, 0) is 62.3 Å². The summed E-state index contributed by atoms with van der Waals surface area (Å²) in [5.41, 5.74) is 0. The van der Waals surface area contributed by atoms with Crippen LogP contribution in [-0.4, -0.2) is 25.0 Å². The van der Waals surface area contributed by atoms with Crippen LogP contribution >= 0.6 is 0 Å². The second kappa shape index (κ2) is 5.20. The number of rotatable bonds is 5. The molecular formula is C15H26N2O. The van der Waals surface area contributed by atoms with E-state index >= 15 is 0 Å². The molecule has 4 aliphatic rings. The van der Waals surface area contributed by atoms with Crippen LogP contribution in [0.25, 0.3) is 0 Å². The Bertz CT molecular complexity index is 288. The van der Waals surface area contributed by atoms with Crippen molar-refractivity contribution < 1.29 is 4.79 Å². The third-order valence-electron chi connectivity index (χ3n) is 5.33. The van der Waals surface area contributed by atoms with Crippen LogP contribution < -0.4 is 10.6 Å². The van der Waals surface area contributed by atoms with Crippen molar-refractivity contribution in [2.24, 2.45) is 23.7 Å². The van der Waals surface area contributed by atoms with E-state index in [2.05, 4.69) is 17.6 Å². The van der Waals surface area contributed by atoms with Crippen LogP contribution in [0.15, 0.2) is 0 Å². The first-order valence-corrected chi connectivity index (χ1v) is 7.76. The summed E-state index contributed by atoms with van der Waals surface area (Å²) in [7, 11) is 0. The van der Waals surface area contributed by atoms with Crippen molar-refractivity contribution in [3.63, 3.8) is 0 Å². The second-order valence-electron chi connectivity index (χ2n) is 6.63. The lowest BCUT2D eigenvalue weighted by Crippen LogP contribution is -2.56. The first-order chi connectivity index (χ1) is 8.76. The quantitative estimate of drug-likeness (QED) is 0.732. The summed E-state index contributed by atoms with van der Waals surface area (Å²) in [5.74, 6) is 3.83. The Morgan fingerprint density at radius 2 is 1.67 bits per heavy atom. The molecule has 0 heterocycles. The van der Waals surface area contributed by atoms with Gasteiger partial charge in [-0.2, -0.15) is 0 Å². The number of hydrogen-bond acceptors (Lipinski definition) is 2. The molecule has 18 heavy (non-hydrogen) atoms. The highest BCUT2D eigenvalue weighted by atomic mass is 16.1. The summed E-state index contributed by atoms with van der Waals surface area (Å²) in [6.45, 7) is 3.84. The highest BCUT2D eigenvalue weighted by molar-refractivity contribution is 5.76. The molecule has 4 bridgehead atoms. The Labute approximate surface area is 110 Å². The van der Waals surface area contributed by atoms with Gasteiger partial charge in [0.1, 0.15) is 0 Å². The molecule has 0 radical (unpaired) electrons. The third kappa shape index (κ3) is 2.42. The van der Waals surface area contributed by atoms with Gasteiger partial charge in [-0.25, -0.2) is 0 Å². The Hall–Kier alpha value is -0.570. The molecule has 0 saturated heterocycles. The summed E-state index contributed by atoms with van der Waals surface area (Å²) >= 11 is 0. The molecule has 3 heteroatoms. The van der Waals surface area contributed by atoms with E-state index in [1.54, 1.807) is 0 Å². The predicted molar refractivity (Wildman–Crippen MR) is 72.1 cm³/mol. The van der Waals surface area contributed by atoms with Gasteiger partial charge in [0.05, 0.1) is 0 Å². The van der Waals surface area contributed by atoms with Crippen molar-refractivity contribution in [2.45, 2.75) is 51.5 Å². The summed E-state index contributed by atoms with van der Waals surface area (Å²) in [4.78, 5) is 12.0. The van der Waals surface area contributed by atoms with Crippen LogP contribution in [0.2, 0.25) is 0 Å². The summed E-state index contributed by atoms with van der Waals surface area (Å²) in [5, 5.41) is 6.56.